The molecule has 2 rings (SSSR count). The fraction of sp³-hybridized carbons (Fsp3) is 0.286. The van der Waals surface area contributed by atoms with E-state index in [9.17, 15) is 4.79 Å². The summed E-state index contributed by atoms with van der Waals surface area (Å²) < 4.78 is 12.2. The van der Waals surface area contributed by atoms with Crippen molar-refractivity contribution in [3.63, 3.8) is 0 Å². The molecule has 0 atom stereocenters. The number of hydrogen-bond donors (Lipinski definition) is 0. The molecule has 0 spiro atoms. The lowest BCUT2D eigenvalue weighted by Crippen LogP contribution is -2.13. The molecule has 0 aliphatic rings. The second-order valence-corrected chi connectivity index (χ2v) is 5.17. The van der Waals surface area contributed by atoms with E-state index in [0.29, 0.717) is 21.4 Å². The molecule has 0 unspecified atom stereocenters. The van der Waals surface area contributed by atoms with Crippen molar-refractivity contribution in [1.29, 1.82) is 0 Å². The van der Waals surface area contributed by atoms with Gasteiger partial charge in [-0.05, 0) is 25.1 Å². The van der Waals surface area contributed by atoms with E-state index in [4.69, 9.17) is 32.7 Å². The normalized spacial score (nSPS) is 10.5. The number of carbonyl (C=O) groups excluding carboxylic acids is 1. The summed E-state index contributed by atoms with van der Waals surface area (Å²) in [4.78, 5) is 11.8. The Morgan fingerprint density at radius 3 is 2.71 bits per heavy atom. The Morgan fingerprint density at radius 2 is 2.10 bits per heavy atom. The molecule has 7 heteroatoms. The van der Waals surface area contributed by atoms with Gasteiger partial charge in [0.25, 0.3) is 0 Å². The zero-order valence-electron chi connectivity index (χ0n) is 11.6. The molecule has 0 fully saturated rings. The number of hydrogen-bond acceptors (Lipinski definition) is 4. The first kappa shape index (κ1) is 15.7. The van der Waals surface area contributed by atoms with Crippen molar-refractivity contribution in [2.75, 3.05) is 13.2 Å². The minimum Gasteiger partial charge on any atom is -0.488 e. The van der Waals surface area contributed by atoms with Crippen LogP contribution < -0.4 is 4.74 Å². The first-order chi connectivity index (χ1) is 9.99. The SMILES string of the molecule is Cc1c(C(=O)OCCOc2ccc(Cl)cc2Cl)cnn1C. The van der Waals surface area contributed by atoms with Crippen LogP contribution >= 0.6 is 23.2 Å². The van der Waals surface area contributed by atoms with Gasteiger partial charge in [0, 0.05) is 17.8 Å². The molecule has 5 nitrogen and oxygen atoms in total. The first-order valence-electron chi connectivity index (χ1n) is 6.22. The molecule has 1 aromatic carbocycles. The molecule has 0 amide bonds. The van der Waals surface area contributed by atoms with Gasteiger partial charge in [0.2, 0.25) is 0 Å². The van der Waals surface area contributed by atoms with Crippen molar-refractivity contribution in [2.45, 2.75) is 6.92 Å². The van der Waals surface area contributed by atoms with Gasteiger partial charge in [-0.2, -0.15) is 5.10 Å². The summed E-state index contributed by atoms with van der Waals surface area (Å²) in [6.45, 7) is 2.12. The molecule has 0 aliphatic heterocycles. The van der Waals surface area contributed by atoms with E-state index in [1.165, 1.54) is 6.20 Å². The number of aryl methyl sites for hydroxylation is 1. The molecular weight excluding hydrogens is 315 g/mol. The van der Waals surface area contributed by atoms with E-state index in [1.54, 1.807) is 36.9 Å². The smallest absolute Gasteiger partial charge is 0.341 e. The summed E-state index contributed by atoms with van der Waals surface area (Å²) >= 11 is 11.7. The number of carbonyl (C=O) groups is 1. The van der Waals surface area contributed by atoms with Crippen molar-refractivity contribution >= 4 is 29.2 Å². The zero-order chi connectivity index (χ0) is 15.4. The fourth-order valence-electron chi connectivity index (χ4n) is 1.66. The molecule has 21 heavy (non-hydrogen) atoms. The van der Waals surface area contributed by atoms with Gasteiger partial charge in [-0.15, -0.1) is 0 Å². The Kier molecular flexibility index (Phi) is 5.09. The number of rotatable bonds is 5. The predicted octanol–water partition coefficient (Wildman–Crippen LogP) is 3.27. The molecule has 2 aromatic rings. The van der Waals surface area contributed by atoms with Crippen molar-refractivity contribution in [1.82, 2.24) is 9.78 Å². The van der Waals surface area contributed by atoms with Gasteiger partial charge in [0.15, 0.2) is 0 Å². The Morgan fingerprint density at radius 1 is 1.33 bits per heavy atom. The maximum Gasteiger partial charge on any atom is 0.341 e. The van der Waals surface area contributed by atoms with Crippen molar-refractivity contribution < 1.29 is 14.3 Å². The summed E-state index contributed by atoms with van der Waals surface area (Å²) in [6.07, 6.45) is 1.48. The number of halogens is 2. The number of ether oxygens (including phenoxy) is 2. The van der Waals surface area contributed by atoms with Crippen LogP contribution in [0.4, 0.5) is 0 Å². The van der Waals surface area contributed by atoms with Crippen LogP contribution in [0.5, 0.6) is 5.75 Å². The maximum absolute atomic E-state index is 11.8. The topological polar surface area (TPSA) is 53.4 Å². The van der Waals surface area contributed by atoms with E-state index < -0.39 is 5.97 Å². The summed E-state index contributed by atoms with van der Waals surface area (Å²) in [5.41, 5.74) is 1.20. The average molecular weight is 329 g/mol. The highest BCUT2D eigenvalue weighted by molar-refractivity contribution is 6.35. The van der Waals surface area contributed by atoms with Crippen LogP contribution in [0.3, 0.4) is 0 Å². The first-order valence-corrected chi connectivity index (χ1v) is 6.98. The van der Waals surface area contributed by atoms with E-state index in [1.807, 2.05) is 0 Å². The Bertz CT molecular complexity index is 656. The van der Waals surface area contributed by atoms with Gasteiger partial charge < -0.3 is 9.47 Å². The van der Waals surface area contributed by atoms with Gasteiger partial charge in [0.1, 0.15) is 24.5 Å². The minimum atomic E-state index is -0.425. The fourth-order valence-corrected chi connectivity index (χ4v) is 2.12. The molecule has 1 aromatic heterocycles. The van der Waals surface area contributed by atoms with Crippen LogP contribution in [0.25, 0.3) is 0 Å². The molecule has 0 bridgehead atoms. The highest BCUT2D eigenvalue weighted by Crippen LogP contribution is 2.27. The molecule has 1 heterocycles. The van der Waals surface area contributed by atoms with Crippen LogP contribution in [0, 0.1) is 6.92 Å². The van der Waals surface area contributed by atoms with Crippen LogP contribution in [-0.2, 0) is 11.8 Å². The maximum atomic E-state index is 11.8. The molecule has 0 saturated carbocycles. The summed E-state index contributed by atoms with van der Waals surface area (Å²) in [5.74, 6) is 0.0704. The summed E-state index contributed by atoms with van der Waals surface area (Å²) in [7, 11) is 1.76. The lowest BCUT2D eigenvalue weighted by molar-refractivity contribution is 0.0449. The van der Waals surface area contributed by atoms with E-state index in [0.717, 1.165) is 5.69 Å². The Labute approximate surface area is 132 Å². The second kappa shape index (κ2) is 6.83. The third-order valence-electron chi connectivity index (χ3n) is 2.92. The van der Waals surface area contributed by atoms with Gasteiger partial charge in [-0.3, -0.25) is 4.68 Å². The number of esters is 1. The van der Waals surface area contributed by atoms with Crippen molar-refractivity contribution in [3.05, 3.63) is 45.7 Å². The third kappa shape index (κ3) is 3.89. The lowest BCUT2D eigenvalue weighted by Gasteiger charge is -2.08. The Hall–Kier alpha value is -1.72. The van der Waals surface area contributed by atoms with Crippen LogP contribution in [0.1, 0.15) is 16.1 Å². The molecule has 0 radical (unpaired) electrons. The van der Waals surface area contributed by atoms with Gasteiger partial charge in [-0.25, -0.2) is 4.79 Å². The summed E-state index contributed by atoms with van der Waals surface area (Å²) in [5, 5.41) is 4.93. The van der Waals surface area contributed by atoms with Gasteiger partial charge in [0.05, 0.1) is 11.2 Å². The predicted molar refractivity (Wildman–Crippen MR) is 80.2 cm³/mol. The number of aromatic nitrogens is 2. The van der Waals surface area contributed by atoms with E-state index in [-0.39, 0.29) is 13.2 Å². The number of nitrogens with zero attached hydrogens (tertiary/aromatic N) is 2. The van der Waals surface area contributed by atoms with E-state index >= 15 is 0 Å². The molecule has 0 saturated heterocycles. The molecule has 112 valence electrons. The highest BCUT2D eigenvalue weighted by Gasteiger charge is 2.14. The Balaban J connectivity index is 1.82. The molecular formula is C14H14Cl2N2O3. The van der Waals surface area contributed by atoms with E-state index in [2.05, 4.69) is 5.10 Å². The summed E-state index contributed by atoms with van der Waals surface area (Å²) in [6, 6.07) is 4.93. The van der Waals surface area contributed by atoms with Crippen LogP contribution in [-0.4, -0.2) is 29.0 Å². The van der Waals surface area contributed by atoms with Crippen LogP contribution in [0.2, 0.25) is 10.0 Å². The molecule has 0 aliphatic carbocycles. The van der Waals surface area contributed by atoms with Crippen molar-refractivity contribution in [3.8, 4) is 5.75 Å². The monoisotopic (exact) mass is 328 g/mol. The lowest BCUT2D eigenvalue weighted by atomic mass is 10.3. The molecule has 0 N–H and O–H groups in total. The van der Waals surface area contributed by atoms with Crippen molar-refractivity contribution in [2.24, 2.45) is 7.05 Å². The zero-order valence-corrected chi connectivity index (χ0v) is 13.1. The average Bonchev–Trinajstić information content (AvgIpc) is 2.77. The highest BCUT2D eigenvalue weighted by atomic mass is 35.5. The minimum absolute atomic E-state index is 0.117. The standard InChI is InChI=1S/C14H14Cl2N2O3/c1-9-11(8-17-18(9)2)14(19)21-6-5-20-13-4-3-10(15)7-12(13)16/h3-4,7-8H,5-6H2,1-2H3. The van der Waals surface area contributed by atoms with Crippen LogP contribution in [0.15, 0.2) is 24.4 Å². The van der Waals surface area contributed by atoms with Gasteiger partial charge in [-0.1, -0.05) is 23.2 Å². The second-order valence-electron chi connectivity index (χ2n) is 4.33. The third-order valence-corrected chi connectivity index (χ3v) is 3.45. The quantitative estimate of drug-likeness (QED) is 0.624. The van der Waals surface area contributed by atoms with Gasteiger partial charge >= 0.3 is 5.97 Å². The number of benzene rings is 1. The largest absolute Gasteiger partial charge is 0.488 e.